The lowest BCUT2D eigenvalue weighted by Crippen LogP contribution is -2.53. The van der Waals surface area contributed by atoms with Gasteiger partial charge in [-0.15, -0.1) is 0 Å². The Hall–Kier alpha value is -0.650. The molecule has 0 amide bonds. The van der Waals surface area contributed by atoms with Crippen LogP contribution in [0.15, 0.2) is 0 Å². The van der Waals surface area contributed by atoms with Gasteiger partial charge in [-0.25, -0.2) is 0 Å². The molecule has 0 radical (unpaired) electrons. The number of nitrogens with one attached hydrogen (secondary N) is 1. The van der Waals surface area contributed by atoms with Crippen molar-refractivity contribution < 1.29 is 14.3 Å². The van der Waals surface area contributed by atoms with Gasteiger partial charge in [0.25, 0.3) is 0 Å². The third-order valence-electron chi connectivity index (χ3n) is 3.44. The van der Waals surface area contributed by atoms with Crippen molar-refractivity contribution in [3.05, 3.63) is 0 Å². The van der Waals surface area contributed by atoms with Gasteiger partial charge < -0.3 is 14.4 Å². The van der Waals surface area contributed by atoms with E-state index in [4.69, 9.17) is 9.47 Å². The minimum atomic E-state index is -0.600. The van der Waals surface area contributed by atoms with Crippen molar-refractivity contribution >= 4 is 5.97 Å². The van der Waals surface area contributed by atoms with Gasteiger partial charge in [0.2, 0.25) is 0 Å². The fourth-order valence-electron chi connectivity index (χ4n) is 2.45. The van der Waals surface area contributed by atoms with E-state index in [1.807, 2.05) is 27.7 Å². The Morgan fingerprint density at radius 2 is 1.90 bits per heavy atom. The minimum absolute atomic E-state index is 0.152. The molecule has 0 bridgehead atoms. The molecular weight excluding hydrogens is 268 g/mol. The highest BCUT2D eigenvalue weighted by atomic mass is 16.5. The van der Waals surface area contributed by atoms with Crippen LogP contribution in [-0.2, 0) is 14.3 Å². The zero-order valence-corrected chi connectivity index (χ0v) is 14.7. The molecule has 1 unspecified atom stereocenters. The number of esters is 1. The molecule has 21 heavy (non-hydrogen) atoms. The van der Waals surface area contributed by atoms with Crippen molar-refractivity contribution in [1.29, 1.82) is 0 Å². The summed E-state index contributed by atoms with van der Waals surface area (Å²) in [5, 5.41) is 3.35. The number of carbonyl (C=O) groups excluding carboxylic acids is 1. The van der Waals surface area contributed by atoms with E-state index < -0.39 is 5.54 Å². The highest BCUT2D eigenvalue weighted by Gasteiger charge is 2.34. The molecule has 1 atom stereocenters. The summed E-state index contributed by atoms with van der Waals surface area (Å²) in [6.45, 7) is 11.1. The molecule has 0 spiro atoms. The lowest BCUT2D eigenvalue weighted by Gasteiger charge is -2.31. The van der Waals surface area contributed by atoms with Crippen LogP contribution in [0.5, 0.6) is 0 Å². The smallest absolute Gasteiger partial charge is 0.326 e. The molecule has 0 fully saturated rings. The number of hydrogen-bond acceptors (Lipinski definition) is 5. The molecule has 1 N–H and O–H groups in total. The Morgan fingerprint density at radius 1 is 1.29 bits per heavy atom. The number of methoxy groups -OCH3 is 1. The average molecular weight is 302 g/mol. The van der Waals surface area contributed by atoms with Crippen molar-refractivity contribution in [2.45, 2.75) is 58.5 Å². The second-order valence-electron chi connectivity index (χ2n) is 6.10. The van der Waals surface area contributed by atoms with Crippen molar-refractivity contribution in [2.24, 2.45) is 0 Å². The normalized spacial score (nSPS) is 14.5. The molecule has 0 heterocycles. The van der Waals surface area contributed by atoms with Gasteiger partial charge in [-0.05, 0) is 60.5 Å². The average Bonchev–Trinajstić information content (AvgIpc) is 2.38. The first-order valence-corrected chi connectivity index (χ1v) is 7.98. The van der Waals surface area contributed by atoms with E-state index in [9.17, 15) is 4.79 Å². The van der Waals surface area contributed by atoms with E-state index >= 15 is 0 Å². The molecular formula is C16H34N2O3. The van der Waals surface area contributed by atoms with Crippen LogP contribution in [0.2, 0.25) is 0 Å². The van der Waals surface area contributed by atoms with E-state index in [1.54, 1.807) is 7.11 Å². The Labute approximate surface area is 130 Å². The van der Waals surface area contributed by atoms with Crippen LogP contribution in [0.1, 0.15) is 47.0 Å². The quantitative estimate of drug-likeness (QED) is 0.442. The predicted molar refractivity (Wildman–Crippen MR) is 86.5 cm³/mol. The summed E-state index contributed by atoms with van der Waals surface area (Å²) in [4.78, 5) is 14.4. The number of ether oxygens (including phenoxy) is 2. The third-order valence-corrected chi connectivity index (χ3v) is 3.44. The molecule has 0 aliphatic heterocycles. The molecule has 0 aliphatic rings. The van der Waals surface area contributed by atoms with Gasteiger partial charge >= 0.3 is 5.97 Å². The van der Waals surface area contributed by atoms with E-state index in [0.717, 1.165) is 39.0 Å². The van der Waals surface area contributed by atoms with Crippen LogP contribution in [0, 0.1) is 0 Å². The Kier molecular flexibility index (Phi) is 10.6. The van der Waals surface area contributed by atoms with E-state index in [2.05, 4.69) is 17.3 Å². The summed E-state index contributed by atoms with van der Waals surface area (Å²) in [6, 6.07) is 0.249. The number of hydrogen-bond donors (Lipinski definition) is 1. The Morgan fingerprint density at radius 3 is 2.43 bits per heavy atom. The van der Waals surface area contributed by atoms with E-state index in [1.165, 1.54) is 0 Å². The zero-order valence-electron chi connectivity index (χ0n) is 14.7. The minimum Gasteiger partial charge on any atom is -0.465 e. The first kappa shape index (κ1) is 20.3. The van der Waals surface area contributed by atoms with Gasteiger partial charge in [-0.1, -0.05) is 0 Å². The SMILES string of the molecule is CCOC(=O)C(C)(CCCN(C)CCCOC)NC(C)C. The monoisotopic (exact) mass is 302 g/mol. The lowest BCUT2D eigenvalue weighted by molar-refractivity contribution is -0.151. The van der Waals surface area contributed by atoms with Crippen LogP contribution in [0.3, 0.4) is 0 Å². The first-order valence-electron chi connectivity index (χ1n) is 7.98. The summed E-state index contributed by atoms with van der Waals surface area (Å²) in [7, 11) is 3.83. The van der Waals surface area contributed by atoms with E-state index in [-0.39, 0.29) is 12.0 Å². The molecule has 126 valence electrons. The van der Waals surface area contributed by atoms with Crippen LogP contribution in [-0.4, -0.2) is 62.9 Å². The van der Waals surface area contributed by atoms with Gasteiger partial charge in [0, 0.05) is 26.3 Å². The summed E-state index contributed by atoms with van der Waals surface area (Å²) >= 11 is 0. The van der Waals surface area contributed by atoms with Gasteiger partial charge in [-0.3, -0.25) is 10.1 Å². The molecule has 5 heteroatoms. The second kappa shape index (κ2) is 11.0. The van der Waals surface area contributed by atoms with Crippen LogP contribution in [0.25, 0.3) is 0 Å². The van der Waals surface area contributed by atoms with E-state index in [0.29, 0.717) is 6.61 Å². The maximum atomic E-state index is 12.2. The van der Waals surface area contributed by atoms with Crippen LogP contribution < -0.4 is 5.32 Å². The summed E-state index contributed by atoms with van der Waals surface area (Å²) in [6.07, 6.45) is 2.77. The van der Waals surface area contributed by atoms with Gasteiger partial charge in [0.1, 0.15) is 5.54 Å². The fraction of sp³-hybridized carbons (Fsp3) is 0.938. The molecule has 0 aromatic heterocycles. The zero-order chi connectivity index (χ0) is 16.3. The summed E-state index contributed by atoms with van der Waals surface area (Å²) < 4.78 is 10.3. The lowest BCUT2D eigenvalue weighted by atomic mass is 9.94. The molecule has 0 aromatic carbocycles. The van der Waals surface area contributed by atoms with Crippen molar-refractivity contribution in [3.63, 3.8) is 0 Å². The highest BCUT2D eigenvalue weighted by molar-refractivity contribution is 5.80. The molecule has 0 saturated carbocycles. The van der Waals surface area contributed by atoms with Gasteiger partial charge in [0.05, 0.1) is 6.61 Å². The van der Waals surface area contributed by atoms with Crippen molar-refractivity contribution in [2.75, 3.05) is 40.5 Å². The molecule has 5 nitrogen and oxygen atoms in total. The number of carbonyl (C=O) groups is 1. The standard InChI is InChI=1S/C16H34N2O3/c1-7-21-15(19)16(4,17-14(2)3)10-8-11-18(5)12-9-13-20-6/h14,17H,7-13H2,1-6H3. The molecule has 0 aromatic rings. The van der Waals surface area contributed by atoms with Gasteiger partial charge in [-0.2, -0.15) is 0 Å². The highest BCUT2D eigenvalue weighted by Crippen LogP contribution is 2.16. The summed E-state index contributed by atoms with van der Waals surface area (Å²) in [5.41, 5.74) is -0.600. The molecule has 0 rings (SSSR count). The topological polar surface area (TPSA) is 50.8 Å². The molecule has 0 aliphatic carbocycles. The van der Waals surface area contributed by atoms with Crippen LogP contribution in [0.4, 0.5) is 0 Å². The fourth-order valence-corrected chi connectivity index (χ4v) is 2.45. The van der Waals surface area contributed by atoms with Gasteiger partial charge in [0.15, 0.2) is 0 Å². The number of rotatable bonds is 12. The second-order valence-corrected chi connectivity index (χ2v) is 6.10. The largest absolute Gasteiger partial charge is 0.465 e. The van der Waals surface area contributed by atoms with Crippen molar-refractivity contribution in [1.82, 2.24) is 10.2 Å². The first-order chi connectivity index (χ1) is 9.85. The Bertz CT molecular complexity index is 285. The molecule has 0 saturated heterocycles. The predicted octanol–water partition coefficient (Wildman–Crippen LogP) is 2.05. The summed E-state index contributed by atoms with van der Waals surface area (Å²) in [5.74, 6) is -0.152. The maximum Gasteiger partial charge on any atom is 0.326 e. The number of nitrogens with zero attached hydrogens (tertiary/aromatic N) is 1. The van der Waals surface area contributed by atoms with Crippen molar-refractivity contribution in [3.8, 4) is 0 Å². The Balaban J connectivity index is 4.26. The third kappa shape index (κ3) is 9.06. The van der Waals surface area contributed by atoms with Crippen LogP contribution >= 0.6 is 0 Å². The maximum absolute atomic E-state index is 12.2.